The van der Waals surface area contributed by atoms with Crippen molar-refractivity contribution in [3.63, 3.8) is 0 Å². The Balaban J connectivity index is 1.26. The standard InChI is InChI=1S/C31H27N7O/c1-36-21-27(20-34-36)25-16-28(30-26(17-32)19-35-38(30)22-25)24-8-9-29(33-18-24)37-14-12-31(39-2,13-15-37)11-10-23-6-4-3-5-7-23/h3-9,16,18-22H,12-15H2,1-2H3. The molecular formula is C31H27N7O. The lowest BCUT2D eigenvalue weighted by Crippen LogP contribution is -2.45. The van der Waals surface area contributed by atoms with Gasteiger partial charge in [0.25, 0.3) is 0 Å². The number of methoxy groups -OCH3 is 1. The maximum absolute atomic E-state index is 9.71. The van der Waals surface area contributed by atoms with Crippen molar-refractivity contribution in [3.05, 3.63) is 90.6 Å². The van der Waals surface area contributed by atoms with Gasteiger partial charge in [-0.1, -0.05) is 30.0 Å². The minimum absolute atomic E-state index is 0.458. The van der Waals surface area contributed by atoms with Crippen molar-refractivity contribution in [2.24, 2.45) is 7.05 Å². The number of benzene rings is 1. The van der Waals surface area contributed by atoms with Crippen LogP contribution in [0.2, 0.25) is 0 Å². The molecule has 1 aliphatic rings. The average Bonchev–Trinajstić information content (AvgIpc) is 3.62. The van der Waals surface area contributed by atoms with Gasteiger partial charge >= 0.3 is 0 Å². The zero-order valence-electron chi connectivity index (χ0n) is 21.9. The van der Waals surface area contributed by atoms with E-state index in [9.17, 15) is 5.26 Å². The van der Waals surface area contributed by atoms with Gasteiger partial charge in [-0.15, -0.1) is 0 Å². The van der Waals surface area contributed by atoms with Gasteiger partial charge in [0.15, 0.2) is 0 Å². The molecule has 1 fully saturated rings. The quantitative estimate of drug-likeness (QED) is 0.324. The van der Waals surface area contributed by atoms with Crippen LogP contribution in [0.3, 0.4) is 0 Å². The number of pyridine rings is 2. The fraction of sp³-hybridized carbons (Fsp3) is 0.226. The number of anilines is 1. The molecule has 0 aliphatic carbocycles. The van der Waals surface area contributed by atoms with E-state index in [1.807, 2.05) is 68.2 Å². The van der Waals surface area contributed by atoms with E-state index < -0.39 is 5.60 Å². The Hall–Kier alpha value is -4.92. The maximum atomic E-state index is 9.71. The Labute approximate surface area is 227 Å². The fourth-order valence-electron chi connectivity index (χ4n) is 5.07. The smallest absolute Gasteiger partial charge is 0.132 e. The van der Waals surface area contributed by atoms with Gasteiger partial charge in [-0.2, -0.15) is 15.5 Å². The zero-order valence-corrected chi connectivity index (χ0v) is 21.9. The van der Waals surface area contributed by atoms with Crippen LogP contribution in [0.1, 0.15) is 24.0 Å². The molecule has 0 spiro atoms. The Morgan fingerprint density at radius 1 is 0.923 bits per heavy atom. The van der Waals surface area contributed by atoms with Crippen molar-refractivity contribution >= 4 is 11.3 Å². The third-order valence-electron chi connectivity index (χ3n) is 7.32. The summed E-state index contributed by atoms with van der Waals surface area (Å²) in [5, 5.41) is 18.4. The molecule has 0 saturated carbocycles. The van der Waals surface area contributed by atoms with Gasteiger partial charge in [0.05, 0.1) is 23.5 Å². The molecule has 0 radical (unpaired) electrons. The Morgan fingerprint density at radius 2 is 1.74 bits per heavy atom. The number of piperidine rings is 1. The van der Waals surface area contributed by atoms with Crippen LogP contribution in [0.15, 0.2) is 79.5 Å². The van der Waals surface area contributed by atoms with E-state index in [1.165, 1.54) is 0 Å². The number of fused-ring (bicyclic) bond motifs is 1. The highest BCUT2D eigenvalue weighted by Crippen LogP contribution is 2.33. The van der Waals surface area contributed by atoms with E-state index >= 15 is 0 Å². The van der Waals surface area contributed by atoms with Crippen molar-refractivity contribution in [2.75, 3.05) is 25.1 Å². The van der Waals surface area contributed by atoms with Crippen molar-refractivity contribution in [3.8, 4) is 40.2 Å². The molecule has 1 aliphatic heterocycles. The molecule has 0 amide bonds. The summed E-state index contributed by atoms with van der Waals surface area (Å²) < 4.78 is 9.43. The number of aromatic nitrogens is 5. The van der Waals surface area contributed by atoms with E-state index in [1.54, 1.807) is 22.5 Å². The lowest BCUT2D eigenvalue weighted by molar-refractivity contribution is 0.0207. The first-order valence-electron chi connectivity index (χ1n) is 12.8. The first-order valence-corrected chi connectivity index (χ1v) is 12.8. The Morgan fingerprint density at radius 3 is 2.41 bits per heavy atom. The minimum atomic E-state index is -0.458. The first kappa shape index (κ1) is 24.4. The molecule has 39 heavy (non-hydrogen) atoms. The number of rotatable bonds is 4. The highest BCUT2D eigenvalue weighted by atomic mass is 16.5. The second-order valence-corrected chi connectivity index (χ2v) is 9.71. The predicted octanol–water partition coefficient (Wildman–Crippen LogP) is 4.71. The lowest BCUT2D eigenvalue weighted by atomic mass is 9.91. The summed E-state index contributed by atoms with van der Waals surface area (Å²) in [5.74, 6) is 7.58. The maximum Gasteiger partial charge on any atom is 0.132 e. The highest BCUT2D eigenvalue weighted by molar-refractivity contribution is 5.87. The largest absolute Gasteiger partial charge is 0.365 e. The molecule has 0 bridgehead atoms. The Kier molecular flexibility index (Phi) is 6.32. The topological polar surface area (TPSA) is 84.3 Å². The van der Waals surface area contributed by atoms with Crippen LogP contribution in [0.25, 0.3) is 27.8 Å². The van der Waals surface area contributed by atoms with Crippen LogP contribution < -0.4 is 4.90 Å². The zero-order chi connectivity index (χ0) is 26.8. The third kappa shape index (κ3) is 4.74. The molecule has 192 valence electrons. The summed E-state index contributed by atoms with van der Waals surface area (Å²) in [5.41, 5.74) is 5.58. The normalized spacial score (nSPS) is 14.5. The van der Waals surface area contributed by atoms with Gasteiger partial charge in [0.1, 0.15) is 17.5 Å². The third-order valence-corrected chi connectivity index (χ3v) is 7.32. The summed E-state index contributed by atoms with van der Waals surface area (Å²) in [4.78, 5) is 7.09. The van der Waals surface area contributed by atoms with Gasteiger partial charge in [-0.25, -0.2) is 9.50 Å². The number of aryl methyl sites for hydroxylation is 1. The number of hydrogen-bond acceptors (Lipinski definition) is 6. The van der Waals surface area contributed by atoms with Crippen LogP contribution in [0, 0.1) is 23.2 Å². The van der Waals surface area contributed by atoms with Crippen molar-refractivity contribution < 1.29 is 4.74 Å². The Bertz CT molecular complexity index is 1730. The second kappa shape index (κ2) is 10.1. The number of ether oxygens (including phenoxy) is 1. The molecular weight excluding hydrogens is 486 g/mol. The summed E-state index contributed by atoms with van der Waals surface area (Å²) in [6.07, 6.45) is 10.8. The molecule has 6 rings (SSSR count). The second-order valence-electron chi connectivity index (χ2n) is 9.71. The van der Waals surface area contributed by atoms with Crippen molar-refractivity contribution in [1.82, 2.24) is 24.4 Å². The average molecular weight is 514 g/mol. The van der Waals surface area contributed by atoms with Gasteiger partial charge in [0, 0.05) is 86.5 Å². The SMILES string of the molecule is COC1(C#Cc2ccccc2)CCN(c2ccc(-c3cc(-c4cnn(C)c4)cn4ncc(C#N)c34)cn2)CC1. The predicted molar refractivity (Wildman–Crippen MR) is 150 cm³/mol. The van der Waals surface area contributed by atoms with Crippen molar-refractivity contribution in [2.45, 2.75) is 18.4 Å². The summed E-state index contributed by atoms with van der Waals surface area (Å²) >= 11 is 0. The fourth-order valence-corrected chi connectivity index (χ4v) is 5.07. The van der Waals surface area contributed by atoms with Gasteiger partial charge in [-0.3, -0.25) is 4.68 Å². The molecule has 0 unspecified atom stereocenters. The van der Waals surface area contributed by atoms with Gasteiger partial charge in [-0.05, 0) is 30.3 Å². The molecule has 1 saturated heterocycles. The van der Waals surface area contributed by atoms with Crippen LogP contribution >= 0.6 is 0 Å². The molecule has 8 heteroatoms. The van der Waals surface area contributed by atoms with E-state index in [2.05, 4.69) is 45.1 Å². The highest BCUT2D eigenvalue weighted by Gasteiger charge is 2.33. The molecule has 4 aromatic heterocycles. The summed E-state index contributed by atoms with van der Waals surface area (Å²) in [6, 6.07) is 18.5. The van der Waals surface area contributed by atoms with Crippen LogP contribution in [-0.4, -0.2) is 50.2 Å². The van der Waals surface area contributed by atoms with Crippen LogP contribution in [0.4, 0.5) is 5.82 Å². The number of nitrogens with zero attached hydrogens (tertiary/aromatic N) is 7. The van der Waals surface area contributed by atoms with E-state index in [4.69, 9.17) is 9.72 Å². The number of nitriles is 1. The van der Waals surface area contributed by atoms with Crippen LogP contribution in [0.5, 0.6) is 0 Å². The lowest BCUT2D eigenvalue weighted by Gasteiger charge is -2.38. The monoisotopic (exact) mass is 513 g/mol. The molecule has 8 nitrogen and oxygen atoms in total. The van der Waals surface area contributed by atoms with Gasteiger partial charge in [0.2, 0.25) is 0 Å². The van der Waals surface area contributed by atoms with Gasteiger partial charge < -0.3 is 9.64 Å². The van der Waals surface area contributed by atoms with Crippen molar-refractivity contribution in [1.29, 1.82) is 5.26 Å². The molecule has 0 atom stereocenters. The summed E-state index contributed by atoms with van der Waals surface area (Å²) in [7, 11) is 3.63. The molecule has 5 heterocycles. The molecule has 1 aromatic carbocycles. The number of hydrogen-bond donors (Lipinski definition) is 0. The molecule has 0 N–H and O–H groups in total. The van der Waals surface area contributed by atoms with E-state index in [0.29, 0.717) is 5.56 Å². The minimum Gasteiger partial charge on any atom is -0.365 e. The summed E-state index contributed by atoms with van der Waals surface area (Å²) in [6.45, 7) is 1.59. The van der Waals surface area contributed by atoms with E-state index in [0.717, 1.165) is 65.1 Å². The molecule has 5 aromatic rings. The first-order chi connectivity index (χ1) is 19.1. The van der Waals surface area contributed by atoms with Crippen LogP contribution in [-0.2, 0) is 11.8 Å². The van der Waals surface area contributed by atoms with E-state index in [-0.39, 0.29) is 0 Å².